The molecule has 0 fully saturated rings. The minimum atomic E-state index is 0.463. The summed E-state index contributed by atoms with van der Waals surface area (Å²) in [4.78, 5) is 7.60. The minimum Gasteiger partial charge on any atom is -0.361 e. The molecule has 1 aromatic carbocycles. The van der Waals surface area contributed by atoms with E-state index in [2.05, 4.69) is 46.5 Å². The maximum absolute atomic E-state index is 4.36. The van der Waals surface area contributed by atoms with E-state index in [1.807, 2.05) is 17.8 Å². The Balaban J connectivity index is 1.62. The van der Waals surface area contributed by atoms with Crippen LogP contribution in [0.2, 0.25) is 0 Å². The van der Waals surface area contributed by atoms with Crippen molar-refractivity contribution in [1.29, 1.82) is 0 Å². The molecule has 3 rings (SSSR count). The van der Waals surface area contributed by atoms with Crippen molar-refractivity contribution in [3.8, 4) is 0 Å². The second-order valence-electron chi connectivity index (χ2n) is 4.76. The van der Waals surface area contributed by atoms with Gasteiger partial charge in [-0.25, -0.2) is 4.98 Å². The number of rotatable bonds is 5. The van der Waals surface area contributed by atoms with E-state index in [0.29, 0.717) is 5.92 Å². The van der Waals surface area contributed by atoms with Gasteiger partial charge in [-0.05, 0) is 17.7 Å². The SMILES string of the molecule is CC(CNCc1cccc2[nH]ccc12)c1nccs1. The first-order chi connectivity index (χ1) is 9.34. The Bertz CT molecular complexity index is 642. The van der Waals surface area contributed by atoms with E-state index in [-0.39, 0.29) is 0 Å². The molecule has 98 valence electrons. The molecule has 2 aromatic heterocycles. The van der Waals surface area contributed by atoms with Gasteiger partial charge < -0.3 is 10.3 Å². The van der Waals surface area contributed by atoms with E-state index in [0.717, 1.165) is 13.1 Å². The topological polar surface area (TPSA) is 40.7 Å². The van der Waals surface area contributed by atoms with Crippen molar-refractivity contribution in [3.05, 3.63) is 52.6 Å². The molecule has 1 unspecified atom stereocenters. The van der Waals surface area contributed by atoms with Gasteiger partial charge in [0.1, 0.15) is 0 Å². The number of hydrogen-bond donors (Lipinski definition) is 2. The van der Waals surface area contributed by atoms with Crippen molar-refractivity contribution in [2.75, 3.05) is 6.54 Å². The molecule has 3 nitrogen and oxygen atoms in total. The molecule has 2 heterocycles. The molecule has 0 radical (unpaired) electrons. The quantitative estimate of drug-likeness (QED) is 0.745. The van der Waals surface area contributed by atoms with Crippen molar-refractivity contribution in [3.63, 3.8) is 0 Å². The van der Waals surface area contributed by atoms with Crippen LogP contribution in [0.25, 0.3) is 10.9 Å². The third kappa shape index (κ3) is 2.69. The van der Waals surface area contributed by atoms with Gasteiger partial charge in [0.2, 0.25) is 0 Å². The Morgan fingerprint density at radius 1 is 1.37 bits per heavy atom. The summed E-state index contributed by atoms with van der Waals surface area (Å²) in [5, 5.41) is 8.06. The lowest BCUT2D eigenvalue weighted by Gasteiger charge is -2.10. The Hall–Kier alpha value is -1.65. The van der Waals surface area contributed by atoms with Crippen LogP contribution in [0.1, 0.15) is 23.4 Å². The van der Waals surface area contributed by atoms with Gasteiger partial charge in [0.05, 0.1) is 5.01 Å². The number of hydrogen-bond acceptors (Lipinski definition) is 3. The van der Waals surface area contributed by atoms with Crippen LogP contribution in [0.3, 0.4) is 0 Å². The maximum atomic E-state index is 4.36. The lowest BCUT2D eigenvalue weighted by Crippen LogP contribution is -2.19. The third-order valence-electron chi connectivity index (χ3n) is 3.32. The average Bonchev–Trinajstić information content (AvgIpc) is 3.10. The van der Waals surface area contributed by atoms with E-state index in [1.54, 1.807) is 11.3 Å². The molecule has 0 saturated heterocycles. The normalized spacial score (nSPS) is 12.9. The number of aromatic amines is 1. The van der Waals surface area contributed by atoms with Crippen molar-refractivity contribution in [2.24, 2.45) is 0 Å². The highest BCUT2D eigenvalue weighted by Gasteiger charge is 2.08. The van der Waals surface area contributed by atoms with Gasteiger partial charge in [-0.1, -0.05) is 19.1 Å². The molecule has 0 saturated carbocycles. The first-order valence-electron chi connectivity index (χ1n) is 6.49. The van der Waals surface area contributed by atoms with E-state index in [9.17, 15) is 0 Å². The highest BCUT2D eigenvalue weighted by molar-refractivity contribution is 7.09. The highest BCUT2D eigenvalue weighted by atomic mass is 32.1. The molecule has 0 aliphatic heterocycles. The summed E-state index contributed by atoms with van der Waals surface area (Å²) in [6, 6.07) is 8.52. The number of fused-ring (bicyclic) bond motifs is 1. The van der Waals surface area contributed by atoms with E-state index in [4.69, 9.17) is 0 Å². The lowest BCUT2D eigenvalue weighted by molar-refractivity contribution is 0.614. The van der Waals surface area contributed by atoms with Crippen LogP contribution in [0, 0.1) is 0 Å². The zero-order valence-electron chi connectivity index (χ0n) is 10.9. The molecular formula is C15H17N3S. The molecule has 4 heteroatoms. The lowest BCUT2D eigenvalue weighted by atomic mass is 10.1. The number of nitrogens with one attached hydrogen (secondary N) is 2. The molecule has 0 spiro atoms. The Morgan fingerprint density at radius 3 is 3.16 bits per heavy atom. The summed E-state index contributed by atoms with van der Waals surface area (Å²) in [6.45, 7) is 4.06. The van der Waals surface area contributed by atoms with Crippen LogP contribution >= 0.6 is 11.3 Å². The highest BCUT2D eigenvalue weighted by Crippen LogP contribution is 2.19. The Labute approximate surface area is 116 Å². The molecule has 1 atom stereocenters. The van der Waals surface area contributed by atoms with Crippen LogP contribution in [0.4, 0.5) is 0 Å². The molecule has 2 N–H and O–H groups in total. The fraction of sp³-hybridized carbons (Fsp3) is 0.267. The summed E-state index contributed by atoms with van der Waals surface area (Å²) in [5.74, 6) is 0.463. The van der Waals surface area contributed by atoms with E-state index >= 15 is 0 Å². The zero-order chi connectivity index (χ0) is 13.1. The van der Waals surface area contributed by atoms with E-state index in [1.165, 1.54) is 21.5 Å². The summed E-state index contributed by atoms with van der Waals surface area (Å²) in [6.07, 6.45) is 3.86. The van der Waals surface area contributed by atoms with Gasteiger partial charge >= 0.3 is 0 Å². The molecule has 0 bridgehead atoms. The Morgan fingerprint density at radius 2 is 2.32 bits per heavy atom. The molecule has 0 amide bonds. The third-order valence-corrected chi connectivity index (χ3v) is 4.33. The van der Waals surface area contributed by atoms with E-state index < -0.39 is 0 Å². The summed E-state index contributed by atoms with van der Waals surface area (Å²) < 4.78 is 0. The summed E-state index contributed by atoms with van der Waals surface area (Å²) in [7, 11) is 0. The molecule has 0 aliphatic carbocycles. The molecule has 0 aliphatic rings. The van der Waals surface area contributed by atoms with Gasteiger partial charge in [-0.3, -0.25) is 0 Å². The molecular weight excluding hydrogens is 254 g/mol. The molecule has 19 heavy (non-hydrogen) atoms. The first-order valence-corrected chi connectivity index (χ1v) is 7.37. The van der Waals surface area contributed by atoms with Gasteiger partial charge in [-0.2, -0.15) is 0 Å². The zero-order valence-corrected chi connectivity index (χ0v) is 11.7. The molecule has 3 aromatic rings. The van der Waals surface area contributed by atoms with Gasteiger partial charge in [0.15, 0.2) is 0 Å². The maximum Gasteiger partial charge on any atom is 0.0965 e. The van der Waals surface area contributed by atoms with Gasteiger partial charge in [-0.15, -0.1) is 11.3 Å². The van der Waals surface area contributed by atoms with Crippen LogP contribution in [0.5, 0.6) is 0 Å². The predicted octanol–water partition coefficient (Wildman–Crippen LogP) is 3.52. The van der Waals surface area contributed by atoms with Crippen molar-refractivity contribution < 1.29 is 0 Å². The van der Waals surface area contributed by atoms with Crippen molar-refractivity contribution in [1.82, 2.24) is 15.3 Å². The first kappa shape index (κ1) is 12.4. The second-order valence-corrected chi connectivity index (χ2v) is 5.68. The van der Waals surface area contributed by atoms with Gasteiger partial charge in [0, 0.05) is 47.7 Å². The summed E-state index contributed by atoms with van der Waals surface area (Å²) >= 11 is 1.73. The fourth-order valence-electron chi connectivity index (χ4n) is 2.29. The smallest absolute Gasteiger partial charge is 0.0965 e. The Kier molecular flexibility index (Phi) is 3.62. The number of H-pyrrole nitrogens is 1. The van der Waals surface area contributed by atoms with Crippen LogP contribution in [0.15, 0.2) is 42.0 Å². The number of aromatic nitrogens is 2. The van der Waals surface area contributed by atoms with Crippen LogP contribution in [-0.4, -0.2) is 16.5 Å². The van der Waals surface area contributed by atoms with Crippen LogP contribution < -0.4 is 5.32 Å². The average molecular weight is 271 g/mol. The largest absolute Gasteiger partial charge is 0.361 e. The number of thiazole rings is 1. The standard InChI is InChI=1S/C15H17N3S/c1-11(15-18-7-8-19-15)9-16-10-12-3-2-4-14-13(12)5-6-17-14/h2-8,11,16-17H,9-10H2,1H3. The monoisotopic (exact) mass is 271 g/mol. The van der Waals surface area contributed by atoms with Crippen molar-refractivity contribution in [2.45, 2.75) is 19.4 Å². The van der Waals surface area contributed by atoms with Crippen LogP contribution in [-0.2, 0) is 6.54 Å². The number of nitrogens with zero attached hydrogens (tertiary/aromatic N) is 1. The van der Waals surface area contributed by atoms with Crippen molar-refractivity contribution >= 4 is 22.2 Å². The fourth-order valence-corrected chi connectivity index (χ4v) is 2.99. The minimum absolute atomic E-state index is 0.463. The number of benzene rings is 1. The van der Waals surface area contributed by atoms with Gasteiger partial charge in [0.25, 0.3) is 0 Å². The summed E-state index contributed by atoms with van der Waals surface area (Å²) in [5.41, 5.74) is 2.54. The predicted molar refractivity (Wildman–Crippen MR) is 80.5 cm³/mol. The second kappa shape index (κ2) is 5.55.